The molecule has 2 aliphatic heterocycles. The number of alkyl halides is 3. The van der Waals surface area contributed by atoms with Crippen LogP contribution < -0.4 is 9.84 Å². The van der Waals surface area contributed by atoms with Crippen molar-refractivity contribution in [2.75, 3.05) is 6.79 Å². The summed E-state index contributed by atoms with van der Waals surface area (Å²) < 4.78 is 66.1. The quantitative estimate of drug-likeness (QED) is 0.129. The van der Waals surface area contributed by atoms with E-state index in [1.807, 2.05) is 0 Å². The van der Waals surface area contributed by atoms with Crippen LogP contribution in [-0.4, -0.2) is 56.9 Å². The maximum absolute atomic E-state index is 13.2. The van der Waals surface area contributed by atoms with E-state index in [0.717, 1.165) is 17.7 Å². The van der Waals surface area contributed by atoms with Crippen LogP contribution >= 0.6 is 19.9 Å². The van der Waals surface area contributed by atoms with E-state index in [0.29, 0.717) is 16.7 Å². The van der Waals surface area contributed by atoms with Crippen LogP contribution in [0.15, 0.2) is 24.3 Å². The molecule has 0 aromatic heterocycles. The minimum absolute atomic E-state index is 0.000946. The van der Waals surface area contributed by atoms with Gasteiger partial charge in [0, 0.05) is 35.1 Å². The van der Waals surface area contributed by atoms with Gasteiger partial charge in [-0.1, -0.05) is 31.5 Å². The highest BCUT2D eigenvalue weighted by Gasteiger charge is 2.51. The number of halogens is 4. The number of urea groups is 1. The number of carbonyl (C=O) groups excluding carboxylic acids is 5. The molecule has 49 heavy (non-hydrogen) atoms. The van der Waals surface area contributed by atoms with Crippen molar-refractivity contribution in [3.63, 3.8) is 0 Å². The van der Waals surface area contributed by atoms with Crippen molar-refractivity contribution in [2.24, 2.45) is 0 Å². The normalized spacial score (nSPS) is 17.9. The lowest BCUT2D eigenvalue weighted by Gasteiger charge is -2.27. The lowest BCUT2D eigenvalue weighted by Crippen LogP contribution is -2.45. The molecule has 2 aromatic carbocycles. The number of nitrogens with zero attached hydrogens (tertiary/aromatic N) is 2. The van der Waals surface area contributed by atoms with Gasteiger partial charge in [-0.2, -0.15) is 18.1 Å². The van der Waals surface area contributed by atoms with Crippen molar-refractivity contribution in [2.45, 2.75) is 84.1 Å². The van der Waals surface area contributed by atoms with E-state index in [4.69, 9.17) is 25.6 Å². The molecule has 1 saturated heterocycles. The molecular weight excluding hydrogens is 698 g/mol. The van der Waals surface area contributed by atoms with Crippen LogP contribution in [0.3, 0.4) is 0 Å². The highest BCUT2D eigenvalue weighted by atomic mass is 35.5. The molecule has 0 radical (unpaired) electrons. The van der Waals surface area contributed by atoms with Gasteiger partial charge in [0.15, 0.2) is 5.75 Å². The minimum atomic E-state index is -4.67. The van der Waals surface area contributed by atoms with E-state index in [-0.39, 0.29) is 48.6 Å². The predicted octanol–water partition coefficient (Wildman–Crippen LogP) is 5.94. The fourth-order valence-corrected chi connectivity index (χ4v) is 6.62. The van der Waals surface area contributed by atoms with Crippen molar-refractivity contribution >= 4 is 49.8 Å². The molecule has 2 atom stereocenters. The molecule has 2 N–H and O–H groups in total. The molecular formula is C31H33ClF3N3O10P+. The first-order chi connectivity index (χ1) is 22.6. The van der Waals surface area contributed by atoms with Gasteiger partial charge in [-0.15, -0.1) is 4.89 Å². The zero-order valence-corrected chi connectivity index (χ0v) is 28.7. The molecule has 13 nitrogen and oxygen atoms in total. The van der Waals surface area contributed by atoms with Gasteiger partial charge in [-0.05, 0) is 67.6 Å². The number of imide groups is 3. The second-order valence-electron chi connectivity index (χ2n) is 12.6. The Morgan fingerprint density at radius 2 is 1.69 bits per heavy atom. The van der Waals surface area contributed by atoms with E-state index in [9.17, 15) is 46.6 Å². The second-order valence-corrected chi connectivity index (χ2v) is 13.7. The number of amides is 5. The first-order valence-electron chi connectivity index (χ1n) is 14.7. The number of ether oxygens (including phenoxy) is 2. The average Bonchev–Trinajstić information content (AvgIpc) is 3.46. The number of hydrogen-bond acceptors (Lipinski definition) is 9. The molecule has 264 valence electrons. The number of fused-ring (bicyclic) bond motifs is 1. The number of aryl methyl sites for hydroxylation is 2. The van der Waals surface area contributed by atoms with Crippen molar-refractivity contribution in [3.8, 4) is 5.75 Å². The number of nitrogens with one attached hydrogen (secondary N) is 1. The summed E-state index contributed by atoms with van der Waals surface area (Å²) in [5.74, 6) is -2.26. The van der Waals surface area contributed by atoms with E-state index in [2.05, 4.69) is 5.32 Å². The Balaban J connectivity index is 1.30. The number of carbonyl (C=O) groups is 5. The van der Waals surface area contributed by atoms with Crippen LogP contribution in [-0.2, 0) is 53.1 Å². The van der Waals surface area contributed by atoms with Crippen molar-refractivity contribution in [1.82, 2.24) is 15.1 Å². The molecule has 2 aliphatic rings. The summed E-state index contributed by atoms with van der Waals surface area (Å²) in [4.78, 5) is 74.7. The van der Waals surface area contributed by atoms with Crippen molar-refractivity contribution in [3.05, 3.63) is 62.7 Å². The fourth-order valence-electron chi connectivity index (χ4n) is 6.01. The fraction of sp³-hybridized carbons (Fsp3) is 0.452. The summed E-state index contributed by atoms with van der Waals surface area (Å²) in [6, 6.07) is 4.29. The monoisotopic (exact) mass is 730 g/mol. The zero-order chi connectivity index (χ0) is 36.6. The molecule has 0 spiro atoms. The third kappa shape index (κ3) is 8.31. The van der Waals surface area contributed by atoms with Crippen molar-refractivity contribution in [1.29, 1.82) is 0 Å². The predicted molar refractivity (Wildman–Crippen MR) is 165 cm³/mol. The van der Waals surface area contributed by atoms with Crippen LogP contribution in [0.4, 0.5) is 22.8 Å². The Morgan fingerprint density at radius 1 is 1.06 bits per heavy atom. The topological polar surface area (TPSA) is 169 Å². The van der Waals surface area contributed by atoms with Gasteiger partial charge < -0.3 is 19.7 Å². The molecule has 0 bridgehead atoms. The van der Waals surface area contributed by atoms with Gasteiger partial charge in [0.1, 0.15) is 5.54 Å². The lowest BCUT2D eigenvalue weighted by molar-refractivity contribution is -0.153. The van der Waals surface area contributed by atoms with Crippen LogP contribution in [0, 0.1) is 13.8 Å². The molecule has 2 heterocycles. The summed E-state index contributed by atoms with van der Waals surface area (Å²) in [6.07, 6.45) is -6.93. The first kappa shape index (κ1) is 37.5. The van der Waals surface area contributed by atoms with Crippen LogP contribution in [0.1, 0.15) is 73.4 Å². The van der Waals surface area contributed by atoms with E-state index in [1.165, 1.54) is 11.8 Å². The third-order valence-electron chi connectivity index (χ3n) is 8.24. The Hall–Kier alpha value is -4.27. The molecule has 4 rings (SSSR count). The largest absolute Gasteiger partial charge is 0.747 e. The molecule has 2 aromatic rings. The summed E-state index contributed by atoms with van der Waals surface area (Å²) in [5.41, 5.74) is -1.02. The first-order valence-corrected chi connectivity index (χ1v) is 16.2. The number of benzene rings is 2. The van der Waals surface area contributed by atoms with Crippen LogP contribution in [0.5, 0.6) is 5.75 Å². The standard InChI is InChI=1S/C31H32ClF3N3O10P/c1-16-8-17(2)25(22(9-16)48-49(44)45)29(3,4)12-24(40)46-15-47-28(43)38-26(41)30(5,36-27(38)42)7-6-23(39)37-13-18-10-20(31(33,34)35)21(32)11-19(18)14-37/h8-11H,6-7,12-15H2,1-5H3,(H-,36,42,44,45)/p+1/t30-/m1/s1. The van der Waals surface area contributed by atoms with Gasteiger partial charge >= 0.3 is 32.5 Å². The average molecular weight is 731 g/mol. The number of hydrogen-bond donors (Lipinski definition) is 2. The maximum atomic E-state index is 13.2. The van der Waals surface area contributed by atoms with Gasteiger partial charge in [0.25, 0.3) is 5.91 Å². The minimum Gasteiger partial charge on any atom is -0.428 e. The van der Waals surface area contributed by atoms with Gasteiger partial charge in [0.2, 0.25) is 12.7 Å². The van der Waals surface area contributed by atoms with Crippen molar-refractivity contribution < 1.29 is 60.6 Å². The van der Waals surface area contributed by atoms with Gasteiger partial charge in [-0.25, -0.2) is 14.1 Å². The van der Waals surface area contributed by atoms with Crippen LogP contribution in [0.2, 0.25) is 5.02 Å². The molecule has 18 heteroatoms. The SMILES string of the molecule is Cc1cc(C)c(C(C)(C)CC(=O)OCOC(=O)N2C(=O)N[C@](C)(CCC(=O)N3Cc4cc(Cl)c(C(F)(F)F)cc4C3)C2=O)c(O[P+](=O)O)c1. The number of rotatable bonds is 10. The maximum Gasteiger partial charge on any atom is 0.747 e. The Bertz CT molecular complexity index is 1750. The molecule has 1 fully saturated rings. The molecule has 5 amide bonds. The zero-order valence-electron chi connectivity index (χ0n) is 27.0. The molecule has 0 aliphatic carbocycles. The second kappa shape index (κ2) is 13.9. The number of esters is 1. The summed E-state index contributed by atoms with van der Waals surface area (Å²) >= 11 is 5.79. The highest BCUT2D eigenvalue weighted by molar-refractivity contribution is 7.32. The Kier molecular flexibility index (Phi) is 10.7. The smallest absolute Gasteiger partial charge is 0.428 e. The summed E-state index contributed by atoms with van der Waals surface area (Å²) in [6.45, 7) is 7.10. The Labute approximate surface area is 284 Å². The lowest BCUT2D eigenvalue weighted by atomic mass is 9.78. The summed E-state index contributed by atoms with van der Waals surface area (Å²) in [7, 11) is -2.99. The molecule has 0 saturated carbocycles. The highest BCUT2D eigenvalue weighted by Crippen LogP contribution is 2.41. The van der Waals surface area contributed by atoms with Gasteiger partial charge in [0.05, 0.1) is 17.0 Å². The van der Waals surface area contributed by atoms with E-state index in [1.54, 1.807) is 39.8 Å². The molecule has 1 unspecified atom stereocenters. The van der Waals surface area contributed by atoms with E-state index >= 15 is 0 Å². The van der Waals surface area contributed by atoms with Gasteiger partial charge in [-0.3, -0.25) is 14.4 Å². The third-order valence-corrected chi connectivity index (χ3v) is 8.90. The van der Waals surface area contributed by atoms with Crippen LogP contribution in [0.25, 0.3) is 0 Å². The Morgan fingerprint density at radius 3 is 2.31 bits per heavy atom. The summed E-state index contributed by atoms with van der Waals surface area (Å²) in [5, 5.41) is 1.86. The van der Waals surface area contributed by atoms with E-state index < -0.39 is 72.7 Å².